The molecule has 0 heterocycles. The first-order chi connectivity index (χ1) is 9.20. The SMILES string of the molecule is C#CCC(CC)NS(=O)(=O)c1cccc(C(F)(F)F)c1. The molecule has 1 atom stereocenters. The summed E-state index contributed by atoms with van der Waals surface area (Å²) < 4.78 is 64.0. The minimum absolute atomic E-state index is 0.175. The second-order valence-corrected chi connectivity index (χ2v) is 5.87. The van der Waals surface area contributed by atoms with Crippen LogP contribution in [0.15, 0.2) is 29.2 Å². The van der Waals surface area contributed by atoms with Gasteiger partial charge in [-0.1, -0.05) is 13.0 Å². The number of nitrogens with one attached hydrogen (secondary N) is 1. The molecular weight excluding hydrogens is 291 g/mol. The number of sulfonamides is 1. The van der Waals surface area contributed by atoms with E-state index in [1.165, 1.54) is 0 Å². The largest absolute Gasteiger partial charge is 0.416 e. The average molecular weight is 305 g/mol. The van der Waals surface area contributed by atoms with Gasteiger partial charge >= 0.3 is 6.18 Å². The number of halogens is 3. The summed E-state index contributed by atoms with van der Waals surface area (Å²) in [6.45, 7) is 1.73. The highest BCUT2D eigenvalue weighted by atomic mass is 32.2. The van der Waals surface area contributed by atoms with Crippen molar-refractivity contribution >= 4 is 10.0 Å². The molecule has 0 spiro atoms. The topological polar surface area (TPSA) is 46.2 Å². The molecule has 0 aliphatic heterocycles. The van der Waals surface area contributed by atoms with E-state index in [9.17, 15) is 21.6 Å². The molecule has 0 radical (unpaired) electrons. The van der Waals surface area contributed by atoms with Crippen LogP contribution in [0.1, 0.15) is 25.3 Å². The van der Waals surface area contributed by atoms with Crippen molar-refractivity contribution in [1.29, 1.82) is 0 Å². The molecular formula is C13H14F3NO2S. The standard InChI is InChI=1S/C13H14F3NO2S/c1-3-6-11(4-2)17-20(18,19)12-8-5-7-10(9-12)13(14,15)16/h1,5,7-9,11,17H,4,6H2,2H3. The van der Waals surface area contributed by atoms with E-state index < -0.39 is 32.7 Å². The van der Waals surface area contributed by atoms with E-state index in [-0.39, 0.29) is 6.42 Å². The van der Waals surface area contributed by atoms with Crippen LogP contribution in [-0.4, -0.2) is 14.5 Å². The van der Waals surface area contributed by atoms with Crippen LogP contribution in [0.5, 0.6) is 0 Å². The van der Waals surface area contributed by atoms with Crippen LogP contribution in [0.2, 0.25) is 0 Å². The van der Waals surface area contributed by atoms with Gasteiger partial charge in [0.25, 0.3) is 0 Å². The molecule has 0 fully saturated rings. The molecule has 1 unspecified atom stereocenters. The molecule has 0 saturated heterocycles. The van der Waals surface area contributed by atoms with E-state index >= 15 is 0 Å². The van der Waals surface area contributed by atoms with Crippen molar-refractivity contribution in [3.63, 3.8) is 0 Å². The van der Waals surface area contributed by atoms with Crippen molar-refractivity contribution in [2.45, 2.75) is 36.9 Å². The number of hydrogen-bond donors (Lipinski definition) is 1. The Kier molecular flexibility index (Phi) is 5.20. The summed E-state index contributed by atoms with van der Waals surface area (Å²) in [4.78, 5) is -0.428. The van der Waals surface area contributed by atoms with Gasteiger partial charge in [0.2, 0.25) is 10.0 Å². The van der Waals surface area contributed by atoms with E-state index in [1.54, 1.807) is 6.92 Å². The first-order valence-electron chi connectivity index (χ1n) is 5.83. The zero-order valence-electron chi connectivity index (χ0n) is 10.7. The lowest BCUT2D eigenvalue weighted by Crippen LogP contribution is -2.34. The monoisotopic (exact) mass is 305 g/mol. The third-order valence-corrected chi connectivity index (χ3v) is 4.17. The Morgan fingerprint density at radius 1 is 1.40 bits per heavy atom. The molecule has 0 bridgehead atoms. The summed E-state index contributed by atoms with van der Waals surface area (Å²) >= 11 is 0. The molecule has 110 valence electrons. The number of rotatable bonds is 5. The van der Waals surface area contributed by atoms with Gasteiger partial charge in [0.05, 0.1) is 10.5 Å². The van der Waals surface area contributed by atoms with E-state index in [1.807, 2.05) is 0 Å². The van der Waals surface area contributed by atoms with E-state index in [0.717, 1.165) is 18.2 Å². The molecule has 0 amide bonds. The van der Waals surface area contributed by atoms with Crippen LogP contribution in [0.3, 0.4) is 0 Å². The lowest BCUT2D eigenvalue weighted by atomic mass is 10.2. The van der Waals surface area contributed by atoms with Crippen molar-refractivity contribution < 1.29 is 21.6 Å². The quantitative estimate of drug-likeness (QED) is 0.850. The van der Waals surface area contributed by atoms with Crippen LogP contribution in [0.4, 0.5) is 13.2 Å². The number of hydrogen-bond acceptors (Lipinski definition) is 2. The van der Waals surface area contributed by atoms with Gasteiger partial charge < -0.3 is 0 Å². The molecule has 0 aliphatic rings. The Morgan fingerprint density at radius 2 is 2.05 bits per heavy atom. The van der Waals surface area contributed by atoms with E-state index in [0.29, 0.717) is 12.5 Å². The zero-order valence-corrected chi connectivity index (χ0v) is 11.6. The summed E-state index contributed by atoms with van der Waals surface area (Å²) in [5, 5.41) is 0. The predicted molar refractivity (Wildman–Crippen MR) is 69.3 cm³/mol. The van der Waals surface area contributed by atoms with Crippen molar-refractivity contribution in [2.75, 3.05) is 0 Å². The summed E-state index contributed by atoms with van der Waals surface area (Å²) in [5.74, 6) is 2.32. The highest BCUT2D eigenvalue weighted by molar-refractivity contribution is 7.89. The Morgan fingerprint density at radius 3 is 2.55 bits per heavy atom. The highest BCUT2D eigenvalue weighted by Crippen LogP contribution is 2.30. The van der Waals surface area contributed by atoms with Crippen LogP contribution < -0.4 is 4.72 Å². The molecule has 1 aromatic rings. The molecule has 1 aromatic carbocycles. The van der Waals surface area contributed by atoms with Crippen molar-refractivity contribution in [2.24, 2.45) is 0 Å². The number of terminal acetylenes is 1. The van der Waals surface area contributed by atoms with Gasteiger partial charge in [-0.3, -0.25) is 0 Å². The zero-order chi connectivity index (χ0) is 15.4. The molecule has 1 N–H and O–H groups in total. The van der Waals surface area contributed by atoms with Gasteiger partial charge in [-0.05, 0) is 24.6 Å². The van der Waals surface area contributed by atoms with Gasteiger partial charge in [-0.2, -0.15) is 13.2 Å². The van der Waals surface area contributed by atoms with Crippen LogP contribution in [-0.2, 0) is 16.2 Å². The lowest BCUT2D eigenvalue weighted by molar-refractivity contribution is -0.137. The molecule has 7 heteroatoms. The summed E-state index contributed by atoms with van der Waals surface area (Å²) in [6, 6.07) is 3.09. The predicted octanol–water partition coefficient (Wildman–Crippen LogP) is 2.79. The normalized spacial score (nSPS) is 13.8. The van der Waals surface area contributed by atoms with Gasteiger partial charge in [-0.25, -0.2) is 13.1 Å². The summed E-state index contributed by atoms with van der Waals surface area (Å²) in [5.41, 5.74) is -1.01. The van der Waals surface area contributed by atoms with Crippen LogP contribution in [0.25, 0.3) is 0 Å². The molecule has 0 aromatic heterocycles. The second kappa shape index (κ2) is 6.29. The molecule has 0 aliphatic carbocycles. The van der Waals surface area contributed by atoms with Crippen molar-refractivity contribution in [3.8, 4) is 12.3 Å². The Hall–Kier alpha value is -1.52. The maximum absolute atomic E-state index is 12.6. The molecule has 1 rings (SSSR count). The molecule has 0 saturated carbocycles. The van der Waals surface area contributed by atoms with Crippen LogP contribution in [0, 0.1) is 12.3 Å². The average Bonchev–Trinajstić information content (AvgIpc) is 2.37. The van der Waals surface area contributed by atoms with Crippen LogP contribution >= 0.6 is 0 Å². The second-order valence-electron chi connectivity index (χ2n) is 4.16. The Labute approximate surface area is 116 Å². The minimum atomic E-state index is -4.59. The fourth-order valence-electron chi connectivity index (χ4n) is 1.54. The first-order valence-corrected chi connectivity index (χ1v) is 7.32. The molecule has 3 nitrogen and oxygen atoms in total. The van der Waals surface area contributed by atoms with E-state index in [4.69, 9.17) is 6.42 Å². The van der Waals surface area contributed by atoms with E-state index in [2.05, 4.69) is 10.6 Å². The minimum Gasteiger partial charge on any atom is -0.207 e. The van der Waals surface area contributed by atoms with Gasteiger partial charge in [0.1, 0.15) is 0 Å². The van der Waals surface area contributed by atoms with Crippen molar-refractivity contribution in [3.05, 3.63) is 29.8 Å². The fraction of sp³-hybridized carbons (Fsp3) is 0.385. The Balaban J connectivity index is 3.08. The number of alkyl halides is 3. The van der Waals surface area contributed by atoms with Gasteiger partial charge in [0, 0.05) is 12.5 Å². The maximum atomic E-state index is 12.6. The third-order valence-electron chi connectivity index (χ3n) is 2.65. The van der Waals surface area contributed by atoms with Gasteiger partial charge in [-0.15, -0.1) is 12.3 Å². The maximum Gasteiger partial charge on any atom is 0.416 e. The third kappa shape index (κ3) is 4.25. The summed E-state index contributed by atoms with van der Waals surface area (Å²) in [6.07, 6.45) is 1.14. The van der Waals surface area contributed by atoms with Crippen molar-refractivity contribution in [1.82, 2.24) is 4.72 Å². The number of benzene rings is 1. The highest BCUT2D eigenvalue weighted by Gasteiger charge is 2.31. The molecule has 20 heavy (non-hydrogen) atoms. The smallest absolute Gasteiger partial charge is 0.207 e. The Bertz CT molecular complexity index is 603. The first kappa shape index (κ1) is 16.5. The lowest BCUT2D eigenvalue weighted by Gasteiger charge is -2.15. The summed E-state index contributed by atoms with van der Waals surface area (Å²) in [7, 11) is -4.02. The van der Waals surface area contributed by atoms with Gasteiger partial charge in [0.15, 0.2) is 0 Å². The fourth-order valence-corrected chi connectivity index (χ4v) is 2.90.